The van der Waals surface area contributed by atoms with Gasteiger partial charge in [0.1, 0.15) is 5.00 Å². The maximum Gasteiger partial charge on any atom is 0.276 e. The molecule has 4 rings (SSSR count). The predicted octanol–water partition coefficient (Wildman–Crippen LogP) is 2.89. The number of nitrogens with one attached hydrogen (secondary N) is 2. The average molecular weight is 354 g/mol. The number of hydrogen-bond acceptors (Lipinski definition) is 4. The number of aryl methyl sites for hydroxylation is 1. The number of aromatic nitrogens is 2. The topological polar surface area (TPSA) is 75.5 Å². The second kappa shape index (κ2) is 6.33. The Hall–Kier alpha value is -2.67. The molecule has 0 saturated heterocycles. The first-order valence-electron chi connectivity index (χ1n) is 8.30. The zero-order valence-electron chi connectivity index (χ0n) is 13.8. The van der Waals surface area contributed by atoms with Gasteiger partial charge in [-0.2, -0.15) is 5.10 Å². The molecule has 3 aromatic heterocycles. The van der Waals surface area contributed by atoms with Gasteiger partial charge in [-0.1, -0.05) is 6.07 Å². The standard InChI is InChI=1S/C18H18N4O2S/c1-19-17(24)15-12-7-2-3-8-14(12)25-18(15)20-16(23)13-10-11-6-4-5-9-22(11)21-13/h4-6,9-10H,2-3,7-8H2,1H3,(H,19,24)(H,20,23). The molecule has 3 aromatic rings. The summed E-state index contributed by atoms with van der Waals surface area (Å²) in [6.45, 7) is 0. The Kier molecular flexibility index (Phi) is 4.01. The molecule has 7 heteroatoms. The van der Waals surface area contributed by atoms with Crippen LogP contribution in [0.25, 0.3) is 5.52 Å². The second-order valence-electron chi connectivity index (χ2n) is 6.05. The smallest absolute Gasteiger partial charge is 0.276 e. The van der Waals surface area contributed by atoms with Crippen molar-refractivity contribution in [3.05, 3.63) is 52.2 Å². The number of carbonyl (C=O) groups excluding carboxylic acids is 2. The monoisotopic (exact) mass is 354 g/mol. The number of hydrogen-bond donors (Lipinski definition) is 2. The molecule has 0 radical (unpaired) electrons. The Balaban J connectivity index is 1.68. The quantitative estimate of drug-likeness (QED) is 0.759. The lowest BCUT2D eigenvalue weighted by Crippen LogP contribution is -2.22. The Morgan fingerprint density at radius 2 is 2.04 bits per heavy atom. The summed E-state index contributed by atoms with van der Waals surface area (Å²) in [6.07, 6.45) is 5.85. The summed E-state index contributed by atoms with van der Waals surface area (Å²) in [5.41, 5.74) is 2.88. The van der Waals surface area contributed by atoms with Gasteiger partial charge in [-0.15, -0.1) is 11.3 Å². The molecule has 128 valence electrons. The molecular weight excluding hydrogens is 336 g/mol. The molecule has 0 saturated carbocycles. The average Bonchev–Trinajstić information content (AvgIpc) is 3.22. The van der Waals surface area contributed by atoms with Gasteiger partial charge in [-0.3, -0.25) is 9.59 Å². The summed E-state index contributed by atoms with van der Waals surface area (Å²) in [5, 5.41) is 10.5. The van der Waals surface area contributed by atoms with E-state index in [1.165, 1.54) is 16.2 Å². The molecule has 0 bridgehead atoms. The van der Waals surface area contributed by atoms with E-state index in [0.717, 1.165) is 36.8 Å². The number of fused-ring (bicyclic) bond motifs is 2. The highest BCUT2D eigenvalue weighted by Gasteiger charge is 2.26. The van der Waals surface area contributed by atoms with Crippen molar-refractivity contribution in [3.8, 4) is 0 Å². The van der Waals surface area contributed by atoms with Crippen molar-refractivity contribution in [1.29, 1.82) is 0 Å². The third-order valence-corrected chi connectivity index (χ3v) is 5.66. The third-order valence-electron chi connectivity index (χ3n) is 4.46. The molecule has 25 heavy (non-hydrogen) atoms. The molecule has 0 unspecified atom stereocenters. The second-order valence-corrected chi connectivity index (χ2v) is 7.15. The molecule has 0 aliphatic heterocycles. The Labute approximate surface area is 148 Å². The van der Waals surface area contributed by atoms with Gasteiger partial charge in [-0.25, -0.2) is 4.52 Å². The maximum atomic E-state index is 12.6. The first kappa shape index (κ1) is 15.8. The highest BCUT2D eigenvalue weighted by Crippen LogP contribution is 2.38. The molecule has 3 heterocycles. The summed E-state index contributed by atoms with van der Waals surface area (Å²) < 4.78 is 1.66. The third kappa shape index (κ3) is 2.80. The highest BCUT2D eigenvalue weighted by atomic mass is 32.1. The SMILES string of the molecule is CNC(=O)c1c(NC(=O)c2cc3ccccn3n2)sc2c1CCCC2. The van der Waals surface area contributed by atoms with Crippen molar-refractivity contribution >= 4 is 33.7 Å². The summed E-state index contributed by atoms with van der Waals surface area (Å²) in [7, 11) is 1.61. The lowest BCUT2D eigenvalue weighted by atomic mass is 9.95. The van der Waals surface area contributed by atoms with Gasteiger partial charge in [0.05, 0.1) is 11.1 Å². The summed E-state index contributed by atoms with van der Waals surface area (Å²) >= 11 is 1.51. The predicted molar refractivity (Wildman–Crippen MR) is 97.5 cm³/mol. The van der Waals surface area contributed by atoms with Crippen molar-refractivity contribution in [3.63, 3.8) is 0 Å². The number of carbonyl (C=O) groups is 2. The largest absolute Gasteiger partial charge is 0.355 e. The van der Waals surface area contributed by atoms with Crippen LogP contribution in [0, 0.1) is 0 Å². The van der Waals surface area contributed by atoms with Gasteiger partial charge in [0.15, 0.2) is 5.69 Å². The molecule has 0 fully saturated rings. The van der Waals surface area contributed by atoms with Gasteiger partial charge >= 0.3 is 0 Å². The molecule has 0 atom stereocenters. The fraction of sp³-hybridized carbons (Fsp3) is 0.278. The van der Waals surface area contributed by atoms with Crippen LogP contribution in [-0.4, -0.2) is 28.5 Å². The fourth-order valence-corrected chi connectivity index (χ4v) is 4.52. The number of amides is 2. The minimum atomic E-state index is -0.299. The van der Waals surface area contributed by atoms with E-state index in [-0.39, 0.29) is 11.8 Å². The maximum absolute atomic E-state index is 12.6. The van der Waals surface area contributed by atoms with E-state index in [2.05, 4.69) is 15.7 Å². The fourth-order valence-electron chi connectivity index (χ4n) is 3.24. The van der Waals surface area contributed by atoms with Crippen molar-refractivity contribution in [2.24, 2.45) is 0 Å². The number of rotatable bonds is 3. The lowest BCUT2D eigenvalue weighted by Gasteiger charge is -2.12. The number of anilines is 1. The molecule has 0 aromatic carbocycles. The van der Waals surface area contributed by atoms with Gasteiger partial charge in [-0.05, 0) is 49.4 Å². The van der Waals surface area contributed by atoms with Crippen LogP contribution in [0.5, 0.6) is 0 Å². The van der Waals surface area contributed by atoms with E-state index in [4.69, 9.17) is 0 Å². The molecule has 1 aliphatic rings. The van der Waals surface area contributed by atoms with Gasteiger partial charge in [0.25, 0.3) is 11.8 Å². The van der Waals surface area contributed by atoms with Crippen molar-refractivity contribution in [1.82, 2.24) is 14.9 Å². The molecule has 6 nitrogen and oxygen atoms in total. The summed E-state index contributed by atoms with van der Waals surface area (Å²) in [5.74, 6) is -0.447. The van der Waals surface area contributed by atoms with Crippen molar-refractivity contribution < 1.29 is 9.59 Å². The van der Waals surface area contributed by atoms with Gasteiger partial charge < -0.3 is 10.6 Å². The number of pyridine rings is 1. The van der Waals surface area contributed by atoms with E-state index >= 15 is 0 Å². The van der Waals surface area contributed by atoms with E-state index in [1.54, 1.807) is 23.8 Å². The van der Waals surface area contributed by atoms with E-state index in [1.807, 2.05) is 18.2 Å². The Morgan fingerprint density at radius 1 is 1.20 bits per heavy atom. The highest BCUT2D eigenvalue weighted by molar-refractivity contribution is 7.17. The van der Waals surface area contributed by atoms with Gasteiger partial charge in [0, 0.05) is 18.1 Å². The molecular formula is C18H18N4O2S. The van der Waals surface area contributed by atoms with Crippen LogP contribution in [0.1, 0.15) is 44.1 Å². The molecule has 0 spiro atoms. The van der Waals surface area contributed by atoms with E-state index in [9.17, 15) is 9.59 Å². The van der Waals surface area contributed by atoms with Crippen LogP contribution >= 0.6 is 11.3 Å². The first-order chi connectivity index (χ1) is 12.2. The van der Waals surface area contributed by atoms with Crippen LogP contribution < -0.4 is 10.6 Å². The van der Waals surface area contributed by atoms with Gasteiger partial charge in [0.2, 0.25) is 0 Å². The van der Waals surface area contributed by atoms with Crippen LogP contribution in [0.15, 0.2) is 30.5 Å². The van der Waals surface area contributed by atoms with Crippen molar-refractivity contribution in [2.45, 2.75) is 25.7 Å². The Morgan fingerprint density at radius 3 is 2.84 bits per heavy atom. The molecule has 2 amide bonds. The zero-order chi connectivity index (χ0) is 17.4. The molecule has 2 N–H and O–H groups in total. The summed E-state index contributed by atoms with van der Waals surface area (Å²) in [4.78, 5) is 26.2. The van der Waals surface area contributed by atoms with E-state index in [0.29, 0.717) is 16.3 Å². The van der Waals surface area contributed by atoms with Crippen molar-refractivity contribution in [2.75, 3.05) is 12.4 Å². The zero-order valence-corrected chi connectivity index (χ0v) is 14.7. The Bertz CT molecular complexity index is 940. The first-order valence-corrected chi connectivity index (χ1v) is 9.11. The normalized spacial score (nSPS) is 13.5. The van der Waals surface area contributed by atoms with E-state index < -0.39 is 0 Å². The van der Waals surface area contributed by atoms with Crippen LogP contribution in [0.3, 0.4) is 0 Å². The van der Waals surface area contributed by atoms with Crippen LogP contribution in [0.4, 0.5) is 5.00 Å². The van der Waals surface area contributed by atoms with Crippen LogP contribution in [0.2, 0.25) is 0 Å². The van der Waals surface area contributed by atoms with Crippen LogP contribution in [-0.2, 0) is 12.8 Å². The molecule has 1 aliphatic carbocycles. The minimum absolute atomic E-state index is 0.148. The summed E-state index contributed by atoms with van der Waals surface area (Å²) in [6, 6.07) is 7.39. The number of nitrogens with zero attached hydrogens (tertiary/aromatic N) is 2. The minimum Gasteiger partial charge on any atom is -0.355 e. The lowest BCUT2D eigenvalue weighted by molar-refractivity contribution is 0.0963. The number of thiophene rings is 1.